The first-order valence-electron chi connectivity index (χ1n) is 5.31. The van der Waals surface area contributed by atoms with E-state index in [-0.39, 0.29) is 17.7 Å². The van der Waals surface area contributed by atoms with Gasteiger partial charge < -0.3 is 4.90 Å². The molecule has 19 heavy (non-hydrogen) atoms. The van der Waals surface area contributed by atoms with Crippen LogP contribution in [0, 0.1) is 45.3 Å². The predicted octanol–water partition coefficient (Wildman–Crippen LogP) is 1.97. The van der Waals surface area contributed by atoms with Gasteiger partial charge in [0.25, 0.3) is 0 Å². The highest BCUT2D eigenvalue weighted by atomic mass is 15.1. The summed E-state index contributed by atoms with van der Waals surface area (Å²) in [4.78, 5) is 1.75. The minimum Gasteiger partial charge on any atom is -0.361 e. The summed E-state index contributed by atoms with van der Waals surface area (Å²) >= 11 is 0. The maximum absolute atomic E-state index is 9.01. The first-order chi connectivity index (χ1) is 9.17. The average Bonchev–Trinajstić information content (AvgIpc) is 2.45. The molecule has 0 bridgehead atoms. The summed E-state index contributed by atoms with van der Waals surface area (Å²) in [5, 5.41) is 35.2. The van der Waals surface area contributed by atoms with Gasteiger partial charge in [0, 0.05) is 12.7 Å². The third-order valence-electron chi connectivity index (χ3n) is 2.49. The number of nitriles is 4. The van der Waals surface area contributed by atoms with E-state index in [1.54, 1.807) is 48.4 Å². The molecular weight excluding hydrogens is 238 g/mol. The Bertz CT molecular complexity index is 640. The molecule has 0 aliphatic carbocycles. The number of hydrogen-bond donors (Lipinski definition) is 0. The van der Waals surface area contributed by atoms with Crippen molar-refractivity contribution in [3.05, 3.63) is 35.4 Å². The monoisotopic (exact) mass is 247 g/mol. The average molecular weight is 247 g/mol. The van der Waals surface area contributed by atoms with Gasteiger partial charge in [0.2, 0.25) is 0 Å². The Labute approximate surface area is 111 Å². The Kier molecular flexibility index (Phi) is 4.68. The van der Waals surface area contributed by atoms with Gasteiger partial charge in [-0.1, -0.05) is 12.1 Å². The van der Waals surface area contributed by atoms with Crippen molar-refractivity contribution in [3.8, 4) is 24.3 Å². The molecule has 0 N–H and O–H groups in total. The van der Waals surface area contributed by atoms with Gasteiger partial charge in [-0.25, -0.2) is 0 Å². The summed E-state index contributed by atoms with van der Waals surface area (Å²) in [5.74, 6) is 0. The molecule has 5 heteroatoms. The van der Waals surface area contributed by atoms with Crippen LogP contribution in [0.15, 0.2) is 29.8 Å². The van der Waals surface area contributed by atoms with E-state index in [1.807, 2.05) is 12.1 Å². The summed E-state index contributed by atoms with van der Waals surface area (Å²) in [6.45, 7) is 0.252. The highest BCUT2D eigenvalue weighted by Gasteiger charge is 2.09. The molecule has 0 spiro atoms. The number of allylic oxidation sites excluding steroid dienone is 2. The van der Waals surface area contributed by atoms with E-state index in [4.69, 9.17) is 21.0 Å². The van der Waals surface area contributed by atoms with Crippen molar-refractivity contribution in [1.82, 2.24) is 0 Å². The van der Waals surface area contributed by atoms with Crippen LogP contribution in [0.5, 0.6) is 0 Å². The van der Waals surface area contributed by atoms with Crippen LogP contribution in [0.1, 0.15) is 5.56 Å². The van der Waals surface area contributed by atoms with E-state index in [9.17, 15) is 0 Å². The molecule has 0 saturated carbocycles. The van der Waals surface area contributed by atoms with E-state index in [0.717, 1.165) is 5.69 Å². The topological polar surface area (TPSA) is 98.4 Å². The van der Waals surface area contributed by atoms with Crippen LogP contribution in [0.3, 0.4) is 0 Å². The molecule has 1 aromatic carbocycles. The van der Waals surface area contributed by atoms with Gasteiger partial charge in [0.05, 0.1) is 11.6 Å². The van der Waals surface area contributed by atoms with Gasteiger partial charge >= 0.3 is 0 Å². The number of rotatable bonds is 3. The van der Waals surface area contributed by atoms with E-state index >= 15 is 0 Å². The lowest BCUT2D eigenvalue weighted by atomic mass is 10.0. The van der Waals surface area contributed by atoms with Crippen LogP contribution in [0.4, 0.5) is 5.69 Å². The van der Waals surface area contributed by atoms with Crippen LogP contribution in [-0.2, 0) is 0 Å². The van der Waals surface area contributed by atoms with Crippen molar-refractivity contribution in [2.24, 2.45) is 0 Å². The molecule has 5 nitrogen and oxygen atoms in total. The van der Waals surface area contributed by atoms with Gasteiger partial charge in [-0.3, -0.25) is 0 Å². The number of nitrogens with zero attached hydrogens (tertiary/aromatic N) is 5. The van der Waals surface area contributed by atoms with E-state index < -0.39 is 0 Å². The van der Waals surface area contributed by atoms with Gasteiger partial charge in [-0.05, 0) is 17.7 Å². The highest BCUT2D eigenvalue weighted by Crippen LogP contribution is 2.21. The first-order valence-corrected chi connectivity index (χ1v) is 5.31. The van der Waals surface area contributed by atoms with Gasteiger partial charge in [-0.15, -0.1) is 0 Å². The molecule has 0 amide bonds. The molecule has 0 aromatic heterocycles. The molecule has 0 atom stereocenters. The second kappa shape index (κ2) is 6.45. The lowest BCUT2D eigenvalue weighted by molar-refractivity contribution is 1.04. The number of hydrogen-bond acceptors (Lipinski definition) is 5. The molecular formula is C14H9N5. The lowest BCUT2D eigenvalue weighted by Gasteiger charge is -2.15. The third kappa shape index (κ3) is 3.10. The maximum atomic E-state index is 9.01. The number of anilines is 1. The highest BCUT2D eigenvalue weighted by molar-refractivity contribution is 5.84. The molecule has 0 aliphatic rings. The van der Waals surface area contributed by atoms with E-state index in [1.165, 1.54) is 0 Å². The zero-order valence-electron chi connectivity index (χ0n) is 10.3. The minimum atomic E-state index is -0.208. The second-order valence-electron chi connectivity index (χ2n) is 3.65. The molecule has 0 unspecified atom stereocenters. The molecule has 90 valence electrons. The van der Waals surface area contributed by atoms with Gasteiger partial charge in [0.15, 0.2) is 0 Å². The van der Waals surface area contributed by atoms with E-state index in [2.05, 4.69) is 0 Å². The first kappa shape index (κ1) is 13.8. The van der Waals surface area contributed by atoms with Crippen LogP contribution in [0.25, 0.3) is 5.57 Å². The summed E-state index contributed by atoms with van der Waals surface area (Å²) in [5.41, 5.74) is 1.17. The lowest BCUT2D eigenvalue weighted by Crippen LogP contribution is -2.16. The fraction of sp³-hybridized carbons (Fsp3) is 0.143. The Morgan fingerprint density at radius 2 is 1.58 bits per heavy atom. The van der Waals surface area contributed by atoms with Crippen molar-refractivity contribution < 1.29 is 0 Å². The molecule has 0 fully saturated rings. The summed E-state index contributed by atoms with van der Waals surface area (Å²) in [6, 6.07) is 14.1. The summed E-state index contributed by atoms with van der Waals surface area (Å²) in [7, 11) is 1.77. The Morgan fingerprint density at radius 1 is 1.00 bits per heavy atom. The fourth-order valence-corrected chi connectivity index (χ4v) is 1.48. The Hall–Kier alpha value is -3.28. The normalized spacial score (nSPS) is 8.26. The van der Waals surface area contributed by atoms with Crippen LogP contribution in [0.2, 0.25) is 0 Å². The second-order valence-corrected chi connectivity index (χ2v) is 3.65. The van der Waals surface area contributed by atoms with E-state index in [0.29, 0.717) is 5.56 Å². The maximum Gasteiger partial charge on any atom is 0.148 e. The quantitative estimate of drug-likeness (QED) is 0.600. The van der Waals surface area contributed by atoms with Gasteiger partial charge in [0.1, 0.15) is 30.3 Å². The van der Waals surface area contributed by atoms with Crippen molar-refractivity contribution >= 4 is 11.3 Å². The fourth-order valence-electron chi connectivity index (χ4n) is 1.48. The van der Waals surface area contributed by atoms with Crippen LogP contribution in [-0.4, -0.2) is 13.6 Å². The smallest absolute Gasteiger partial charge is 0.148 e. The molecule has 1 rings (SSSR count). The summed E-state index contributed by atoms with van der Waals surface area (Å²) in [6.07, 6.45) is 0. The van der Waals surface area contributed by atoms with Crippen molar-refractivity contribution in [1.29, 1.82) is 21.0 Å². The number of benzene rings is 1. The molecule has 1 aromatic rings. The zero-order valence-corrected chi connectivity index (χ0v) is 10.3. The largest absolute Gasteiger partial charge is 0.361 e. The Morgan fingerprint density at radius 3 is 2.00 bits per heavy atom. The van der Waals surface area contributed by atoms with Crippen molar-refractivity contribution in [2.45, 2.75) is 0 Å². The van der Waals surface area contributed by atoms with Crippen LogP contribution < -0.4 is 4.90 Å². The minimum absolute atomic E-state index is 0.0551. The third-order valence-corrected chi connectivity index (χ3v) is 2.49. The zero-order chi connectivity index (χ0) is 14.3. The summed E-state index contributed by atoms with van der Waals surface area (Å²) < 4.78 is 0. The van der Waals surface area contributed by atoms with Crippen LogP contribution >= 0.6 is 0 Å². The Balaban J connectivity index is 3.18. The van der Waals surface area contributed by atoms with Crippen molar-refractivity contribution in [3.63, 3.8) is 0 Å². The van der Waals surface area contributed by atoms with Gasteiger partial charge in [-0.2, -0.15) is 21.0 Å². The molecule has 0 radical (unpaired) electrons. The predicted molar refractivity (Wildman–Crippen MR) is 69.1 cm³/mol. The standard InChI is InChI=1S/C14H9N5/c1-19(7-6-15)13-4-2-11(3-5-13)14(10-18)12(8-16)9-17/h2-5H,7H2,1H3. The molecule has 0 saturated heterocycles. The SMILES string of the molecule is CN(CC#N)c1ccc(C(C#N)=C(C#N)C#N)cc1. The molecule has 0 aliphatic heterocycles. The van der Waals surface area contributed by atoms with Crippen molar-refractivity contribution in [2.75, 3.05) is 18.5 Å². The molecule has 0 heterocycles.